The number of nitro groups is 1. The molecule has 0 spiro atoms. The van der Waals surface area contributed by atoms with Crippen LogP contribution in [0.4, 0.5) is 5.82 Å². The molecule has 2 unspecified atom stereocenters. The minimum atomic E-state index is -0.761. The van der Waals surface area contributed by atoms with Crippen LogP contribution < -0.4 is 0 Å². The second-order valence-electron chi connectivity index (χ2n) is 5.72. The van der Waals surface area contributed by atoms with Crippen LogP contribution in [0.1, 0.15) is 30.1 Å². The quantitative estimate of drug-likeness (QED) is 0.652. The lowest BCUT2D eigenvalue weighted by atomic mass is 9.89. The standard InChI is InChI=1S/C16H19N3O4/c20-13(10-18-9-8-16(17-18)19(21)22)11-23-15-7-3-5-12-4-1-2-6-14(12)15/h1-2,4,6,8-9,13,15,20H,3,5,7,10-11H2. The summed E-state index contributed by atoms with van der Waals surface area (Å²) in [6.45, 7) is 0.342. The smallest absolute Gasteiger partial charge is 0.389 e. The Morgan fingerprint density at radius 1 is 1.43 bits per heavy atom. The number of hydrogen-bond donors (Lipinski definition) is 1. The van der Waals surface area contributed by atoms with Crippen molar-refractivity contribution in [1.82, 2.24) is 9.78 Å². The Balaban J connectivity index is 1.55. The number of aliphatic hydroxyl groups is 1. The van der Waals surface area contributed by atoms with E-state index >= 15 is 0 Å². The number of rotatable bonds is 6. The lowest BCUT2D eigenvalue weighted by Crippen LogP contribution is -2.24. The maximum absolute atomic E-state index is 10.6. The zero-order valence-electron chi connectivity index (χ0n) is 12.7. The van der Waals surface area contributed by atoms with Crippen molar-refractivity contribution in [1.29, 1.82) is 0 Å². The predicted octanol–water partition coefficient (Wildman–Crippen LogP) is 2.25. The molecule has 2 atom stereocenters. The fourth-order valence-corrected chi connectivity index (χ4v) is 2.93. The molecule has 0 saturated carbocycles. The fraction of sp³-hybridized carbons (Fsp3) is 0.438. The molecule has 7 nitrogen and oxygen atoms in total. The fourth-order valence-electron chi connectivity index (χ4n) is 2.93. The van der Waals surface area contributed by atoms with Crippen LogP contribution in [-0.2, 0) is 17.7 Å². The second-order valence-corrected chi connectivity index (χ2v) is 5.72. The monoisotopic (exact) mass is 317 g/mol. The number of benzene rings is 1. The highest BCUT2D eigenvalue weighted by Crippen LogP contribution is 2.32. The van der Waals surface area contributed by atoms with Crippen molar-refractivity contribution in [3.8, 4) is 0 Å². The molecule has 0 aliphatic heterocycles. The van der Waals surface area contributed by atoms with Gasteiger partial charge in [-0.05, 0) is 35.3 Å². The van der Waals surface area contributed by atoms with E-state index in [-0.39, 0.29) is 25.1 Å². The van der Waals surface area contributed by atoms with Crippen LogP contribution in [0.2, 0.25) is 0 Å². The molecule has 0 fully saturated rings. The van der Waals surface area contributed by atoms with Gasteiger partial charge in [-0.1, -0.05) is 24.3 Å². The Bertz CT molecular complexity index is 685. The van der Waals surface area contributed by atoms with Crippen molar-refractivity contribution in [2.45, 2.75) is 38.0 Å². The molecule has 1 heterocycles. The Morgan fingerprint density at radius 3 is 3.04 bits per heavy atom. The van der Waals surface area contributed by atoms with E-state index in [4.69, 9.17) is 4.74 Å². The normalized spacial score (nSPS) is 18.4. The van der Waals surface area contributed by atoms with Gasteiger partial charge in [0, 0.05) is 0 Å². The molecule has 1 aromatic carbocycles. The SMILES string of the molecule is O=[N+]([O-])c1ccn(CC(O)COC2CCCc3ccccc32)n1. The molecule has 7 heteroatoms. The highest BCUT2D eigenvalue weighted by Gasteiger charge is 2.22. The average Bonchev–Trinajstić information content (AvgIpc) is 3.01. The molecule has 1 aliphatic carbocycles. The van der Waals surface area contributed by atoms with Crippen LogP contribution >= 0.6 is 0 Å². The van der Waals surface area contributed by atoms with Crippen LogP contribution in [0.3, 0.4) is 0 Å². The largest absolute Gasteiger partial charge is 0.389 e. The first kappa shape index (κ1) is 15.6. The van der Waals surface area contributed by atoms with Crippen molar-refractivity contribution in [2.75, 3.05) is 6.61 Å². The third kappa shape index (κ3) is 3.75. The molecule has 23 heavy (non-hydrogen) atoms. The van der Waals surface area contributed by atoms with E-state index in [9.17, 15) is 15.2 Å². The summed E-state index contributed by atoms with van der Waals surface area (Å²) >= 11 is 0. The van der Waals surface area contributed by atoms with E-state index in [0.29, 0.717) is 0 Å². The summed E-state index contributed by atoms with van der Waals surface area (Å²) in [5.74, 6) is -0.223. The first-order valence-electron chi connectivity index (χ1n) is 7.69. The van der Waals surface area contributed by atoms with Crippen LogP contribution in [0.5, 0.6) is 0 Å². The average molecular weight is 317 g/mol. The number of aromatic nitrogens is 2. The summed E-state index contributed by atoms with van der Waals surface area (Å²) in [5, 5.41) is 24.4. The minimum Gasteiger partial charge on any atom is -0.389 e. The zero-order valence-corrected chi connectivity index (χ0v) is 12.7. The molecular weight excluding hydrogens is 298 g/mol. The molecule has 3 rings (SSSR count). The maximum Gasteiger partial charge on any atom is 0.389 e. The number of ether oxygens (including phenoxy) is 1. The molecule has 1 aromatic heterocycles. The molecule has 122 valence electrons. The topological polar surface area (TPSA) is 90.4 Å². The molecule has 1 N–H and O–H groups in total. The van der Waals surface area contributed by atoms with Gasteiger partial charge in [-0.3, -0.25) is 0 Å². The molecule has 0 amide bonds. The van der Waals surface area contributed by atoms with E-state index in [1.165, 1.54) is 28.1 Å². The lowest BCUT2D eigenvalue weighted by molar-refractivity contribution is -0.389. The van der Waals surface area contributed by atoms with E-state index in [2.05, 4.69) is 17.2 Å². The van der Waals surface area contributed by atoms with Crippen molar-refractivity contribution in [3.05, 3.63) is 57.8 Å². The van der Waals surface area contributed by atoms with E-state index < -0.39 is 11.0 Å². The van der Waals surface area contributed by atoms with Crippen molar-refractivity contribution in [2.24, 2.45) is 0 Å². The van der Waals surface area contributed by atoms with Gasteiger partial charge in [-0.15, -0.1) is 0 Å². The Kier molecular flexibility index (Phi) is 4.68. The number of aliphatic hydroxyl groups excluding tert-OH is 1. The third-order valence-electron chi connectivity index (χ3n) is 4.02. The van der Waals surface area contributed by atoms with Gasteiger partial charge < -0.3 is 20.0 Å². The zero-order chi connectivity index (χ0) is 16.2. The summed E-state index contributed by atoms with van der Waals surface area (Å²) in [7, 11) is 0. The Hall–Kier alpha value is -2.25. The molecule has 2 aromatic rings. The highest BCUT2D eigenvalue weighted by atomic mass is 16.6. The van der Waals surface area contributed by atoms with Gasteiger partial charge in [0.05, 0.1) is 42.7 Å². The Labute approximate surface area is 133 Å². The number of aryl methyl sites for hydroxylation is 1. The highest BCUT2D eigenvalue weighted by molar-refractivity contribution is 5.31. The van der Waals surface area contributed by atoms with Crippen LogP contribution in [0.25, 0.3) is 0 Å². The number of nitrogens with zero attached hydrogens (tertiary/aromatic N) is 3. The number of hydrogen-bond acceptors (Lipinski definition) is 5. The van der Waals surface area contributed by atoms with E-state index in [1.54, 1.807) is 0 Å². The summed E-state index contributed by atoms with van der Waals surface area (Å²) < 4.78 is 7.23. The first-order chi connectivity index (χ1) is 11.1. The van der Waals surface area contributed by atoms with Gasteiger partial charge in [0.1, 0.15) is 0 Å². The molecule has 0 radical (unpaired) electrons. The van der Waals surface area contributed by atoms with E-state index in [0.717, 1.165) is 19.3 Å². The van der Waals surface area contributed by atoms with Crippen molar-refractivity contribution < 1.29 is 14.8 Å². The van der Waals surface area contributed by atoms with Crippen LogP contribution in [0, 0.1) is 10.1 Å². The third-order valence-corrected chi connectivity index (χ3v) is 4.02. The molecular formula is C16H19N3O4. The molecule has 0 bridgehead atoms. The van der Waals surface area contributed by atoms with Crippen LogP contribution in [0.15, 0.2) is 36.5 Å². The van der Waals surface area contributed by atoms with Crippen molar-refractivity contribution in [3.63, 3.8) is 0 Å². The maximum atomic E-state index is 10.6. The van der Waals surface area contributed by atoms with Gasteiger partial charge in [0.25, 0.3) is 0 Å². The van der Waals surface area contributed by atoms with Crippen molar-refractivity contribution >= 4 is 5.82 Å². The summed E-state index contributed by atoms with van der Waals surface area (Å²) in [5.41, 5.74) is 2.50. The van der Waals surface area contributed by atoms with Gasteiger partial charge in [-0.2, -0.15) is 4.68 Å². The predicted molar refractivity (Wildman–Crippen MR) is 83.0 cm³/mol. The summed E-state index contributed by atoms with van der Waals surface area (Å²) in [6, 6.07) is 9.53. The molecule has 0 saturated heterocycles. The van der Waals surface area contributed by atoms with Gasteiger partial charge >= 0.3 is 5.82 Å². The minimum absolute atomic E-state index is 0.00144. The Morgan fingerprint density at radius 2 is 2.26 bits per heavy atom. The summed E-state index contributed by atoms with van der Waals surface area (Å²) in [6.07, 6.45) is 3.80. The second kappa shape index (κ2) is 6.89. The van der Waals surface area contributed by atoms with Gasteiger partial charge in [0.15, 0.2) is 0 Å². The lowest BCUT2D eigenvalue weighted by Gasteiger charge is -2.26. The van der Waals surface area contributed by atoms with Crippen LogP contribution in [-0.4, -0.2) is 32.5 Å². The van der Waals surface area contributed by atoms with Gasteiger partial charge in [0.2, 0.25) is 0 Å². The number of fused-ring (bicyclic) bond motifs is 1. The van der Waals surface area contributed by atoms with Gasteiger partial charge in [-0.25, -0.2) is 0 Å². The first-order valence-corrected chi connectivity index (χ1v) is 7.69. The summed E-state index contributed by atoms with van der Waals surface area (Å²) in [4.78, 5) is 10.0. The van der Waals surface area contributed by atoms with E-state index in [1.807, 2.05) is 12.1 Å². The molecule has 1 aliphatic rings.